The molecular formula is C14H11F2Sb. The van der Waals surface area contributed by atoms with E-state index in [1.54, 1.807) is 6.07 Å². The van der Waals surface area contributed by atoms with Crippen LogP contribution in [-0.4, -0.2) is 20.2 Å². The van der Waals surface area contributed by atoms with Crippen LogP contribution in [0.4, 0.5) is 8.78 Å². The van der Waals surface area contributed by atoms with Gasteiger partial charge in [-0.25, -0.2) is 0 Å². The van der Waals surface area contributed by atoms with Crippen molar-refractivity contribution >= 4 is 27.2 Å². The molecule has 2 aromatic rings. The Hall–Kier alpha value is -0.882. The topological polar surface area (TPSA) is 0 Å². The molecule has 86 valence electrons. The summed E-state index contributed by atoms with van der Waals surface area (Å²) in [5.74, 6) is -0.844. The number of rotatable bonds is 1. The average Bonchev–Trinajstić information content (AvgIpc) is 2.73. The SMILES string of the molecule is Fc1cc[c]([Sb]2[CH2]Cc3cccc[c]32)c(F)c1. The molecule has 0 fully saturated rings. The molecule has 17 heavy (non-hydrogen) atoms. The minimum atomic E-state index is -1.92. The molecule has 0 radical (unpaired) electrons. The van der Waals surface area contributed by atoms with Gasteiger partial charge < -0.3 is 0 Å². The Morgan fingerprint density at radius 1 is 0.941 bits per heavy atom. The van der Waals surface area contributed by atoms with Crippen molar-refractivity contribution in [2.24, 2.45) is 0 Å². The molecule has 1 heterocycles. The molecule has 1 aliphatic rings. The summed E-state index contributed by atoms with van der Waals surface area (Å²) >= 11 is -1.92. The van der Waals surface area contributed by atoms with Gasteiger partial charge in [-0.05, 0) is 0 Å². The summed E-state index contributed by atoms with van der Waals surface area (Å²) in [6, 6.07) is 12.3. The fraction of sp³-hybridized carbons (Fsp3) is 0.143. The number of hydrogen-bond donors (Lipinski definition) is 0. The summed E-state index contributed by atoms with van der Waals surface area (Å²) in [7, 11) is 0. The zero-order valence-electron chi connectivity index (χ0n) is 9.16. The van der Waals surface area contributed by atoms with Crippen LogP contribution >= 0.6 is 0 Å². The Morgan fingerprint density at radius 2 is 1.76 bits per heavy atom. The molecule has 0 saturated heterocycles. The second-order valence-electron chi connectivity index (χ2n) is 4.13. The average molecular weight is 339 g/mol. The first-order chi connectivity index (χ1) is 8.25. The van der Waals surface area contributed by atoms with E-state index in [4.69, 9.17) is 0 Å². The Balaban J connectivity index is 2.07. The van der Waals surface area contributed by atoms with Crippen LogP contribution in [0.25, 0.3) is 0 Å². The van der Waals surface area contributed by atoms with Crippen LogP contribution < -0.4 is 7.02 Å². The molecule has 0 saturated carbocycles. The first kappa shape index (κ1) is 11.2. The zero-order valence-corrected chi connectivity index (χ0v) is 11.7. The Morgan fingerprint density at radius 3 is 2.59 bits per heavy atom. The molecule has 0 N–H and O–H groups in total. The molecule has 0 atom stereocenters. The van der Waals surface area contributed by atoms with Crippen LogP contribution in [0.15, 0.2) is 42.5 Å². The first-order valence-electron chi connectivity index (χ1n) is 5.56. The van der Waals surface area contributed by atoms with Gasteiger partial charge in [0.1, 0.15) is 0 Å². The van der Waals surface area contributed by atoms with E-state index in [0.29, 0.717) is 0 Å². The Bertz CT molecular complexity index is 566. The van der Waals surface area contributed by atoms with Crippen LogP contribution in [-0.2, 0) is 6.42 Å². The van der Waals surface area contributed by atoms with Crippen molar-refractivity contribution in [2.45, 2.75) is 10.8 Å². The van der Waals surface area contributed by atoms with E-state index in [9.17, 15) is 8.78 Å². The molecule has 2 aromatic carbocycles. The summed E-state index contributed by atoms with van der Waals surface area (Å²) < 4.78 is 30.0. The van der Waals surface area contributed by atoms with Crippen LogP contribution in [0.1, 0.15) is 5.56 Å². The van der Waals surface area contributed by atoms with Gasteiger partial charge in [0.05, 0.1) is 0 Å². The number of aryl methyl sites for hydroxylation is 1. The molecule has 1 aliphatic heterocycles. The van der Waals surface area contributed by atoms with Gasteiger partial charge in [-0.2, -0.15) is 0 Å². The third kappa shape index (κ3) is 1.99. The molecule has 0 aliphatic carbocycles. The predicted octanol–water partition coefficient (Wildman–Crippen LogP) is 2.13. The van der Waals surface area contributed by atoms with E-state index in [2.05, 4.69) is 12.1 Å². The van der Waals surface area contributed by atoms with Crippen molar-refractivity contribution < 1.29 is 8.78 Å². The Kier molecular flexibility index (Phi) is 2.92. The van der Waals surface area contributed by atoms with E-state index in [-0.39, 0.29) is 5.82 Å². The third-order valence-corrected chi connectivity index (χ3v) is 10.6. The van der Waals surface area contributed by atoms with Gasteiger partial charge in [0.15, 0.2) is 0 Å². The van der Waals surface area contributed by atoms with Crippen molar-refractivity contribution in [3.05, 3.63) is 59.7 Å². The van der Waals surface area contributed by atoms with Crippen molar-refractivity contribution in [1.29, 1.82) is 0 Å². The van der Waals surface area contributed by atoms with E-state index < -0.39 is 26.0 Å². The number of hydrogen-bond acceptors (Lipinski definition) is 0. The number of benzene rings is 2. The van der Waals surface area contributed by atoms with Gasteiger partial charge >= 0.3 is 106 Å². The molecule has 0 bridgehead atoms. The quantitative estimate of drug-likeness (QED) is 0.699. The molecule has 3 rings (SSSR count). The van der Waals surface area contributed by atoms with Crippen LogP contribution in [0.2, 0.25) is 4.37 Å². The molecular weight excluding hydrogens is 328 g/mol. The van der Waals surface area contributed by atoms with Crippen molar-refractivity contribution in [3.63, 3.8) is 0 Å². The van der Waals surface area contributed by atoms with Gasteiger partial charge in [0.25, 0.3) is 0 Å². The van der Waals surface area contributed by atoms with Crippen LogP contribution in [0, 0.1) is 11.6 Å². The zero-order chi connectivity index (χ0) is 11.8. The monoisotopic (exact) mass is 338 g/mol. The van der Waals surface area contributed by atoms with Crippen LogP contribution in [0.5, 0.6) is 0 Å². The fourth-order valence-corrected chi connectivity index (χ4v) is 9.66. The first-order valence-corrected chi connectivity index (χ1v) is 9.92. The Labute approximate surface area is 106 Å². The van der Waals surface area contributed by atoms with Crippen molar-refractivity contribution in [3.8, 4) is 0 Å². The molecule has 0 nitrogen and oxygen atoms in total. The van der Waals surface area contributed by atoms with Crippen molar-refractivity contribution in [1.82, 2.24) is 0 Å². The number of halogens is 2. The molecule has 0 unspecified atom stereocenters. The summed E-state index contributed by atoms with van der Waals surface area (Å²) in [6.45, 7) is 0. The number of fused-ring (bicyclic) bond motifs is 1. The van der Waals surface area contributed by atoms with Gasteiger partial charge in [0, 0.05) is 0 Å². The summed E-state index contributed by atoms with van der Waals surface area (Å²) in [5, 5.41) is 0. The second-order valence-corrected chi connectivity index (χ2v) is 10.6. The fourth-order valence-electron chi connectivity index (χ4n) is 2.29. The van der Waals surface area contributed by atoms with E-state index in [1.807, 2.05) is 12.1 Å². The minimum absolute atomic E-state index is 0.357. The van der Waals surface area contributed by atoms with Crippen molar-refractivity contribution in [2.75, 3.05) is 0 Å². The molecule has 0 spiro atoms. The van der Waals surface area contributed by atoms with E-state index in [0.717, 1.165) is 20.4 Å². The van der Waals surface area contributed by atoms with Gasteiger partial charge in [-0.1, -0.05) is 0 Å². The van der Waals surface area contributed by atoms with E-state index >= 15 is 0 Å². The predicted molar refractivity (Wildman–Crippen MR) is 66.3 cm³/mol. The van der Waals surface area contributed by atoms with Gasteiger partial charge in [0.2, 0.25) is 0 Å². The molecule has 0 aromatic heterocycles. The van der Waals surface area contributed by atoms with Gasteiger partial charge in [-0.3, -0.25) is 0 Å². The maximum absolute atomic E-state index is 13.8. The van der Waals surface area contributed by atoms with Gasteiger partial charge in [-0.15, -0.1) is 0 Å². The third-order valence-electron chi connectivity index (χ3n) is 3.09. The molecule has 0 amide bonds. The molecule has 3 heteroatoms. The summed E-state index contributed by atoms with van der Waals surface area (Å²) in [6.07, 6.45) is 1.05. The normalized spacial score (nSPS) is 14.9. The standard InChI is InChI=1S/C8H8.C6H3F2.Sb/c1-2-8-6-4-3-5-7-8;7-5-2-1-3-6(8)4-5;/h3-6H,1-2H2;1-2,4H;. The summed E-state index contributed by atoms with van der Waals surface area (Å²) in [5.41, 5.74) is 1.36. The van der Waals surface area contributed by atoms with E-state index in [1.165, 1.54) is 15.1 Å². The maximum atomic E-state index is 13.8. The second kappa shape index (κ2) is 4.42. The summed E-state index contributed by atoms with van der Waals surface area (Å²) in [4.78, 5) is 0. The van der Waals surface area contributed by atoms with Crippen LogP contribution in [0.3, 0.4) is 0 Å².